The Morgan fingerprint density at radius 3 is 3.04 bits per heavy atom. The lowest BCUT2D eigenvalue weighted by molar-refractivity contribution is 0.0591. The topological polar surface area (TPSA) is 104 Å². The van der Waals surface area contributed by atoms with E-state index in [-0.39, 0.29) is 11.7 Å². The molecule has 10 heteroatoms. The molecule has 28 heavy (non-hydrogen) atoms. The molecule has 0 saturated carbocycles. The van der Waals surface area contributed by atoms with Crippen LogP contribution in [0.1, 0.15) is 24.4 Å². The molecule has 10 nitrogen and oxygen atoms in total. The molecule has 1 fully saturated rings. The minimum Gasteiger partial charge on any atom is -0.379 e. The van der Waals surface area contributed by atoms with Crippen molar-refractivity contribution in [3.05, 3.63) is 40.8 Å². The van der Waals surface area contributed by atoms with E-state index in [1.165, 1.54) is 6.33 Å². The molecule has 1 aliphatic heterocycles. The first kappa shape index (κ1) is 16.9. The molecule has 0 aliphatic carbocycles. The maximum atomic E-state index is 12.8. The molecule has 1 unspecified atom stereocenters. The number of aryl methyl sites for hydroxylation is 2. The van der Waals surface area contributed by atoms with Crippen LogP contribution >= 0.6 is 0 Å². The summed E-state index contributed by atoms with van der Waals surface area (Å²) in [6.45, 7) is 3.24. The van der Waals surface area contributed by atoms with Crippen LogP contribution in [0.5, 0.6) is 0 Å². The zero-order chi connectivity index (χ0) is 19.3. The normalized spacial score (nSPS) is 17.4. The van der Waals surface area contributed by atoms with Crippen LogP contribution in [0.4, 0.5) is 11.6 Å². The van der Waals surface area contributed by atoms with Gasteiger partial charge in [0, 0.05) is 13.7 Å². The number of fused-ring (bicyclic) bond motifs is 2. The summed E-state index contributed by atoms with van der Waals surface area (Å²) in [6, 6.07) is 1.92. The summed E-state index contributed by atoms with van der Waals surface area (Å²) in [6.07, 6.45) is 6.86. The van der Waals surface area contributed by atoms with Crippen molar-refractivity contribution in [3.8, 4) is 0 Å². The molecule has 1 N–H and O–H groups in total. The second-order valence-electron chi connectivity index (χ2n) is 7.04. The van der Waals surface area contributed by atoms with Crippen molar-refractivity contribution in [2.75, 3.05) is 18.5 Å². The Bertz CT molecular complexity index is 1230. The van der Waals surface area contributed by atoms with Gasteiger partial charge in [0.1, 0.15) is 11.8 Å². The molecule has 5 heterocycles. The number of ether oxygens (including phenoxy) is 1. The molecule has 1 aliphatic rings. The Morgan fingerprint density at radius 1 is 1.32 bits per heavy atom. The molecule has 0 amide bonds. The maximum Gasteiger partial charge on any atom is 0.330 e. The van der Waals surface area contributed by atoms with E-state index in [4.69, 9.17) is 4.74 Å². The predicted molar refractivity (Wildman–Crippen MR) is 103 cm³/mol. The Labute approximate surface area is 159 Å². The van der Waals surface area contributed by atoms with Gasteiger partial charge < -0.3 is 10.1 Å². The maximum absolute atomic E-state index is 12.8. The third-order valence-corrected chi connectivity index (χ3v) is 5.20. The molecule has 0 bridgehead atoms. The fraction of sp³-hybridized carbons (Fsp3) is 0.389. The first-order valence-corrected chi connectivity index (χ1v) is 9.20. The third kappa shape index (κ3) is 2.64. The molecule has 144 valence electrons. The second-order valence-corrected chi connectivity index (χ2v) is 7.04. The number of pyridine rings is 1. The van der Waals surface area contributed by atoms with E-state index >= 15 is 0 Å². The first-order chi connectivity index (χ1) is 13.6. The number of hydrogen-bond donors (Lipinski definition) is 1. The van der Waals surface area contributed by atoms with Crippen molar-refractivity contribution in [1.82, 2.24) is 33.7 Å². The van der Waals surface area contributed by atoms with E-state index in [0.29, 0.717) is 23.7 Å². The van der Waals surface area contributed by atoms with Gasteiger partial charge in [0.25, 0.3) is 0 Å². The number of nitrogens with one attached hydrogen (secondary N) is 1. The monoisotopic (exact) mass is 380 g/mol. The Morgan fingerprint density at radius 2 is 2.21 bits per heavy atom. The minimum atomic E-state index is -0.0998. The Kier molecular flexibility index (Phi) is 3.86. The largest absolute Gasteiger partial charge is 0.379 e. The highest BCUT2D eigenvalue weighted by Gasteiger charge is 2.23. The van der Waals surface area contributed by atoms with Crippen LogP contribution in [-0.2, 0) is 11.8 Å². The van der Waals surface area contributed by atoms with Gasteiger partial charge in [-0.05, 0) is 31.4 Å². The Balaban J connectivity index is 1.58. The Hall–Kier alpha value is -3.27. The summed E-state index contributed by atoms with van der Waals surface area (Å²) in [5.74, 6) is 0.422. The molecule has 5 rings (SSSR count). The standard InChI is InChI=1S/C18H20N8O2/c1-11-6-15-20-10-21-25(15)8-13(11)22-17-19-7-14-16(23-17)26(18(27)24(14)2)12-4-3-5-28-9-12/h6-8,10,12H,3-5,9H2,1-2H3,(H,19,22,23). The molecular weight excluding hydrogens is 360 g/mol. The van der Waals surface area contributed by atoms with Crippen molar-refractivity contribution >= 4 is 28.4 Å². The lowest BCUT2D eigenvalue weighted by atomic mass is 10.1. The molecular formula is C18H20N8O2. The number of hydrogen-bond acceptors (Lipinski definition) is 7. The first-order valence-electron chi connectivity index (χ1n) is 9.20. The van der Waals surface area contributed by atoms with Crippen LogP contribution in [0, 0.1) is 6.92 Å². The van der Waals surface area contributed by atoms with Gasteiger partial charge in [0.05, 0.1) is 30.7 Å². The van der Waals surface area contributed by atoms with Crippen LogP contribution < -0.4 is 11.0 Å². The summed E-state index contributed by atoms with van der Waals surface area (Å²) in [4.78, 5) is 26.0. The van der Waals surface area contributed by atoms with Crippen molar-refractivity contribution < 1.29 is 4.74 Å². The van der Waals surface area contributed by atoms with Crippen LogP contribution in [0.15, 0.2) is 29.6 Å². The van der Waals surface area contributed by atoms with Crippen LogP contribution in [0.2, 0.25) is 0 Å². The van der Waals surface area contributed by atoms with Gasteiger partial charge in [-0.1, -0.05) is 0 Å². The molecule has 0 aromatic carbocycles. The lowest BCUT2D eigenvalue weighted by Gasteiger charge is -2.22. The van der Waals surface area contributed by atoms with E-state index < -0.39 is 0 Å². The van der Waals surface area contributed by atoms with Gasteiger partial charge in [-0.15, -0.1) is 0 Å². The van der Waals surface area contributed by atoms with Gasteiger partial charge in [0.15, 0.2) is 11.3 Å². The lowest BCUT2D eigenvalue weighted by Crippen LogP contribution is -2.31. The second kappa shape index (κ2) is 6.41. The third-order valence-electron chi connectivity index (χ3n) is 5.20. The predicted octanol–water partition coefficient (Wildman–Crippen LogP) is 1.58. The van der Waals surface area contributed by atoms with Crippen molar-refractivity contribution in [3.63, 3.8) is 0 Å². The smallest absolute Gasteiger partial charge is 0.330 e. The fourth-order valence-corrected chi connectivity index (χ4v) is 3.66. The summed E-state index contributed by atoms with van der Waals surface area (Å²) in [5.41, 5.74) is 3.80. The average Bonchev–Trinajstić information content (AvgIpc) is 3.25. The van der Waals surface area contributed by atoms with Gasteiger partial charge in [0.2, 0.25) is 5.95 Å². The summed E-state index contributed by atoms with van der Waals surface area (Å²) in [5, 5.41) is 7.40. The highest BCUT2D eigenvalue weighted by Crippen LogP contribution is 2.24. The molecule has 0 radical (unpaired) electrons. The zero-order valence-electron chi connectivity index (χ0n) is 15.7. The number of nitrogens with zero attached hydrogens (tertiary/aromatic N) is 7. The fourth-order valence-electron chi connectivity index (χ4n) is 3.66. The number of imidazole rings is 1. The molecule has 1 atom stereocenters. The number of rotatable bonds is 3. The van der Waals surface area contributed by atoms with E-state index in [0.717, 1.165) is 36.3 Å². The van der Waals surface area contributed by atoms with E-state index in [1.807, 2.05) is 19.2 Å². The van der Waals surface area contributed by atoms with Crippen molar-refractivity contribution in [1.29, 1.82) is 0 Å². The van der Waals surface area contributed by atoms with Crippen molar-refractivity contribution in [2.24, 2.45) is 7.05 Å². The molecule has 4 aromatic rings. The molecule has 4 aromatic heterocycles. The van der Waals surface area contributed by atoms with E-state index in [9.17, 15) is 4.79 Å². The highest BCUT2D eigenvalue weighted by atomic mass is 16.5. The highest BCUT2D eigenvalue weighted by molar-refractivity contribution is 5.73. The van der Waals surface area contributed by atoms with Gasteiger partial charge in [-0.3, -0.25) is 9.13 Å². The van der Waals surface area contributed by atoms with Gasteiger partial charge >= 0.3 is 5.69 Å². The average molecular weight is 380 g/mol. The van der Waals surface area contributed by atoms with E-state index in [1.54, 1.807) is 26.9 Å². The van der Waals surface area contributed by atoms with Gasteiger partial charge in [-0.2, -0.15) is 10.1 Å². The van der Waals surface area contributed by atoms with Crippen LogP contribution in [-0.4, -0.2) is 46.9 Å². The number of aromatic nitrogens is 7. The van der Waals surface area contributed by atoms with Gasteiger partial charge in [-0.25, -0.2) is 19.3 Å². The van der Waals surface area contributed by atoms with Crippen LogP contribution in [0.25, 0.3) is 16.8 Å². The molecule has 1 saturated heterocycles. The van der Waals surface area contributed by atoms with Crippen LogP contribution in [0.3, 0.4) is 0 Å². The van der Waals surface area contributed by atoms with Crippen molar-refractivity contribution in [2.45, 2.75) is 25.8 Å². The summed E-state index contributed by atoms with van der Waals surface area (Å²) in [7, 11) is 1.74. The van der Waals surface area contributed by atoms with E-state index in [2.05, 4.69) is 25.4 Å². The minimum absolute atomic E-state index is 0.0130. The SMILES string of the molecule is Cc1cc2ncnn2cc1Nc1ncc2c(n1)n(C1CCCOC1)c(=O)n2C. The summed E-state index contributed by atoms with van der Waals surface area (Å²) >= 11 is 0. The molecule has 0 spiro atoms. The number of anilines is 2. The quantitative estimate of drug-likeness (QED) is 0.575. The zero-order valence-corrected chi connectivity index (χ0v) is 15.7. The summed E-state index contributed by atoms with van der Waals surface area (Å²) < 4.78 is 10.6.